The van der Waals surface area contributed by atoms with Crippen LogP contribution in [0.1, 0.15) is 18.1 Å². The van der Waals surface area contributed by atoms with Crippen molar-refractivity contribution in [2.75, 3.05) is 36.5 Å². The number of morpholine rings is 1. The first-order valence-electron chi connectivity index (χ1n) is 10.2. The van der Waals surface area contributed by atoms with Crippen molar-refractivity contribution in [3.8, 4) is 11.4 Å². The van der Waals surface area contributed by atoms with Gasteiger partial charge in [-0.15, -0.1) is 10.2 Å². The zero-order valence-corrected chi connectivity index (χ0v) is 17.3. The number of amides is 1. The number of carbonyl (C=O) groups excluding carboxylic acids is 1. The van der Waals surface area contributed by atoms with Crippen LogP contribution in [0.5, 0.6) is 0 Å². The number of hydrogen-bond donors (Lipinski definition) is 1. The van der Waals surface area contributed by atoms with Crippen LogP contribution in [0.2, 0.25) is 0 Å². The standard InChI is InChI=1S/C22H26N6O2/c1-3-17-6-4-5-16(2)21(17)23-20(29)15-28-25-22(24-26-28)18-7-9-19(10-8-18)27-11-13-30-14-12-27/h4-10H,3,11-15H2,1-2H3,(H,23,29). The van der Waals surface area contributed by atoms with Crippen LogP contribution in [0.25, 0.3) is 11.4 Å². The average Bonchev–Trinajstić information content (AvgIpc) is 3.24. The Bertz CT molecular complexity index is 1010. The summed E-state index contributed by atoms with van der Waals surface area (Å²) >= 11 is 0. The Hall–Kier alpha value is -3.26. The van der Waals surface area contributed by atoms with Crippen LogP contribution < -0.4 is 10.2 Å². The van der Waals surface area contributed by atoms with E-state index in [1.807, 2.05) is 37.3 Å². The Morgan fingerprint density at radius 3 is 2.63 bits per heavy atom. The smallest absolute Gasteiger partial charge is 0.248 e. The molecule has 0 bridgehead atoms. The number of carbonyl (C=O) groups is 1. The van der Waals surface area contributed by atoms with Crippen LogP contribution in [0, 0.1) is 6.92 Å². The van der Waals surface area contributed by atoms with Gasteiger partial charge in [0, 0.05) is 30.0 Å². The molecular formula is C22H26N6O2. The summed E-state index contributed by atoms with van der Waals surface area (Å²) in [7, 11) is 0. The topological polar surface area (TPSA) is 85.2 Å². The Balaban J connectivity index is 1.41. The SMILES string of the molecule is CCc1cccc(C)c1NC(=O)Cn1nnc(-c2ccc(N3CCOCC3)cc2)n1. The van der Waals surface area contributed by atoms with Gasteiger partial charge in [0.05, 0.1) is 13.2 Å². The van der Waals surface area contributed by atoms with E-state index in [1.165, 1.54) is 4.80 Å². The quantitative estimate of drug-likeness (QED) is 0.678. The number of aromatic nitrogens is 4. The minimum absolute atomic E-state index is 0.0103. The molecule has 8 nitrogen and oxygen atoms in total. The van der Waals surface area contributed by atoms with Crippen molar-refractivity contribution in [1.82, 2.24) is 20.2 Å². The van der Waals surface area contributed by atoms with Crippen LogP contribution in [-0.2, 0) is 22.5 Å². The number of hydrogen-bond acceptors (Lipinski definition) is 6. The highest BCUT2D eigenvalue weighted by Gasteiger charge is 2.14. The molecule has 4 rings (SSSR count). The Morgan fingerprint density at radius 1 is 1.13 bits per heavy atom. The summed E-state index contributed by atoms with van der Waals surface area (Å²) in [4.78, 5) is 16.1. The molecule has 1 saturated heterocycles. The van der Waals surface area contributed by atoms with E-state index in [0.29, 0.717) is 5.82 Å². The van der Waals surface area contributed by atoms with Crippen molar-refractivity contribution in [3.05, 3.63) is 53.6 Å². The first-order valence-corrected chi connectivity index (χ1v) is 10.2. The lowest BCUT2D eigenvalue weighted by atomic mass is 10.1. The third-order valence-electron chi connectivity index (χ3n) is 5.24. The van der Waals surface area contributed by atoms with E-state index in [2.05, 4.69) is 44.7 Å². The van der Waals surface area contributed by atoms with E-state index in [1.54, 1.807) is 0 Å². The molecule has 0 radical (unpaired) electrons. The highest BCUT2D eigenvalue weighted by molar-refractivity contribution is 5.92. The van der Waals surface area contributed by atoms with Gasteiger partial charge in [-0.1, -0.05) is 25.1 Å². The lowest BCUT2D eigenvalue weighted by Gasteiger charge is -2.28. The fourth-order valence-corrected chi connectivity index (χ4v) is 3.58. The van der Waals surface area contributed by atoms with Crippen molar-refractivity contribution in [2.45, 2.75) is 26.8 Å². The van der Waals surface area contributed by atoms with Gasteiger partial charge >= 0.3 is 0 Å². The maximum atomic E-state index is 12.5. The summed E-state index contributed by atoms with van der Waals surface area (Å²) in [5.41, 5.74) is 5.03. The molecule has 0 saturated carbocycles. The highest BCUT2D eigenvalue weighted by Crippen LogP contribution is 2.22. The van der Waals surface area contributed by atoms with Gasteiger partial charge in [-0.05, 0) is 54.0 Å². The first kappa shape index (κ1) is 20.0. The van der Waals surface area contributed by atoms with Gasteiger partial charge < -0.3 is 15.0 Å². The van der Waals surface area contributed by atoms with Gasteiger partial charge in [-0.2, -0.15) is 4.80 Å². The van der Waals surface area contributed by atoms with Crippen LogP contribution in [0.3, 0.4) is 0 Å². The van der Waals surface area contributed by atoms with E-state index in [9.17, 15) is 4.79 Å². The molecular weight excluding hydrogens is 380 g/mol. The van der Waals surface area contributed by atoms with E-state index in [4.69, 9.17) is 4.74 Å². The minimum Gasteiger partial charge on any atom is -0.378 e. The molecule has 8 heteroatoms. The average molecular weight is 406 g/mol. The number of para-hydroxylation sites is 1. The van der Waals surface area contributed by atoms with Gasteiger partial charge in [-0.3, -0.25) is 4.79 Å². The normalized spacial score (nSPS) is 14.0. The van der Waals surface area contributed by atoms with E-state index in [-0.39, 0.29) is 12.5 Å². The molecule has 1 aliphatic rings. The molecule has 3 aromatic rings. The molecule has 1 aliphatic heterocycles. The summed E-state index contributed by atoms with van der Waals surface area (Å²) in [5, 5.41) is 15.5. The zero-order valence-electron chi connectivity index (χ0n) is 17.3. The molecule has 0 atom stereocenters. The number of ether oxygens (including phenoxy) is 1. The number of nitrogens with zero attached hydrogens (tertiary/aromatic N) is 5. The van der Waals surface area contributed by atoms with Crippen LogP contribution >= 0.6 is 0 Å². The minimum atomic E-state index is -0.175. The molecule has 1 N–H and O–H groups in total. The molecule has 1 amide bonds. The van der Waals surface area contributed by atoms with Gasteiger partial charge in [0.2, 0.25) is 11.7 Å². The maximum absolute atomic E-state index is 12.5. The molecule has 2 heterocycles. The largest absolute Gasteiger partial charge is 0.378 e. The third kappa shape index (κ3) is 4.49. The third-order valence-corrected chi connectivity index (χ3v) is 5.24. The second-order valence-corrected chi connectivity index (χ2v) is 7.30. The van der Waals surface area contributed by atoms with E-state index >= 15 is 0 Å². The predicted octanol–water partition coefficient (Wildman–Crippen LogP) is 2.69. The summed E-state index contributed by atoms with van der Waals surface area (Å²) < 4.78 is 5.40. The van der Waals surface area contributed by atoms with Crippen LogP contribution in [0.4, 0.5) is 11.4 Å². The molecule has 0 spiro atoms. The number of aryl methyl sites for hydroxylation is 2. The van der Waals surface area contributed by atoms with E-state index in [0.717, 1.165) is 60.8 Å². The fourth-order valence-electron chi connectivity index (χ4n) is 3.58. The number of rotatable bonds is 6. The van der Waals surface area contributed by atoms with Crippen LogP contribution in [-0.4, -0.2) is 52.4 Å². The van der Waals surface area contributed by atoms with Gasteiger partial charge in [0.15, 0.2) is 0 Å². The Morgan fingerprint density at radius 2 is 1.90 bits per heavy atom. The second kappa shape index (κ2) is 9.04. The maximum Gasteiger partial charge on any atom is 0.248 e. The fraction of sp³-hybridized carbons (Fsp3) is 0.364. The molecule has 156 valence electrons. The van der Waals surface area contributed by atoms with Crippen molar-refractivity contribution < 1.29 is 9.53 Å². The molecule has 0 unspecified atom stereocenters. The number of tetrazole rings is 1. The van der Waals surface area contributed by atoms with Crippen molar-refractivity contribution in [2.24, 2.45) is 0 Å². The lowest BCUT2D eigenvalue weighted by molar-refractivity contribution is -0.117. The van der Waals surface area contributed by atoms with Crippen molar-refractivity contribution >= 4 is 17.3 Å². The Labute approximate surface area is 175 Å². The summed E-state index contributed by atoms with van der Waals surface area (Å²) in [6.07, 6.45) is 0.851. The first-order chi connectivity index (χ1) is 14.6. The zero-order chi connectivity index (χ0) is 20.9. The summed E-state index contributed by atoms with van der Waals surface area (Å²) in [6.45, 7) is 7.36. The van der Waals surface area contributed by atoms with Crippen molar-refractivity contribution in [3.63, 3.8) is 0 Å². The summed E-state index contributed by atoms with van der Waals surface area (Å²) in [5.74, 6) is 0.326. The number of anilines is 2. The Kier molecular flexibility index (Phi) is 6.04. The van der Waals surface area contributed by atoms with E-state index < -0.39 is 0 Å². The van der Waals surface area contributed by atoms with Crippen LogP contribution in [0.15, 0.2) is 42.5 Å². The summed E-state index contributed by atoms with van der Waals surface area (Å²) in [6, 6.07) is 14.1. The van der Waals surface area contributed by atoms with Crippen molar-refractivity contribution in [1.29, 1.82) is 0 Å². The number of benzene rings is 2. The molecule has 2 aromatic carbocycles. The monoisotopic (exact) mass is 406 g/mol. The second-order valence-electron chi connectivity index (χ2n) is 7.30. The predicted molar refractivity (Wildman–Crippen MR) is 115 cm³/mol. The number of nitrogens with one attached hydrogen (secondary N) is 1. The highest BCUT2D eigenvalue weighted by atomic mass is 16.5. The van der Waals surface area contributed by atoms with Gasteiger partial charge in [-0.25, -0.2) is 0 Å². The molecule has 30 heavy (non-hydrogen) atoms. The molecule has 0 aliphatic carbocycles. The lowest BCUT2D eigenvalue weighted by Crippen LogP contribution is -2.36. The van der Waals surface area contributed by atoms with Gasteiger partial charge in [0.25, 0.3) is 0 Å². The molecule has 1 fully saturated rings. The van der Waals surface area contributed by atoms with Gasteiger partial charge in [0.1, 0.15) is 6.54 Å². The molecule has 1 aromatic heterocycles.